The highest BCUT2D eigenvalue weighted by Gasteiger charge is 2.16. The molecule has 1 saturated heterocycles. The van der Waals surface area contributed by atoms with Crippen LogP contribution < -0.4 is 19.7 Å². The van der Waals surface area contributed by atoms with E-state index in [0.29, 0.717) is 30.3 Å². The quantitative estimate of drug-likeness (QED) is 0.740. The van der Waals surface area contributed by atoms with Gasteiger partial charge in [-0.1, -0.05) is 12.1 Å². The summed E-state index contributed by atoms with van der Waals surface area (Å²) in [4.78, 5) is 26.1. The van der Waals surface area contributed by atoms with E-state index in [1.807, 2.05) is 24.3 Å². The van der Waals surface area contributed by atoms with Gasteiger partial charge in [-0.15, -0.1) is 0 Å². The summed E-state index contributed by atoms with van der Waals surface area (Å²) in [6.45, 7) is 4.21. The van der Waals surface area contributed by atoms with Gasteiger partial charge in [0.05, 0.1) is 31.7 Å². The van der Waals surface area contributed by atoms with Crippen molar-refractivity contribution in [1.29, 1.82) is 0 Å². The third kappa shape index (κ3) is 4.80. The van der Waals surface area contributed by atoms with Gasteiger partial charge in [0.25, 0.3) is 5.91 Å². The molecular weight excluding hydrogens is 360 g/mol. The summed E-state index contributed by atoms with van der Waals surface area (Å²) in [5, 5.41) is 2.90. The maximum Gasteiger partial charge on any atom is 0.262 e. The monoisotopic (exact) mass is 384 g/mol. The Morgan fingerprint density at radius 3 is 2.57 bits per heavy atom. The predicted molar refractivity (Wildman–Crippen MR) is 107 cm³/mol. The van der Waals surface area contributed by atoms with Gasteiger partial charge in [0, 0.05) is 18.7 Å². The number of hydrogen-bond donors (Lipinski definition) is 1. The first-order chi connectivity index (χ1) is 13.6. The molecule has 0 aliphatic carbocycles. The van der Waals surface area contributed by atoms with Crippen LogP contribution in [-0.4, -0.2) is 51.7 Å². The SMILES string of the molecule is COc1cc(C(C)=O)ccc1OCC(=O)Nc1ccccc1N1CCOCC1. The lowest BCUT2D eigenvalue weighted by atomic mass is 10.1. The van der Waals surface area contributed by atoms with E-state index in [2.05, 4.69) is 10.2 Å². The van der Waals surface area contributed by atoms with Crippen molar-refractivity contribution in [3.8, 4) is 11.5 Å². The number of amides is 1. The molecule has 3 rings (SSSR count). The van der Waals surface area contributed by atoms with E-state index in [4.69, 9.17) is 14.2 Å². The number of ketones is 1. The van der Waals surface area contributed by atoms with Gasteiger partial charge in [-0.05, 0) is 37.3 Å². The molecule has 0 spiro atoms. The average Bonchev–Trinajstić information content (AvgIpc) is 2.73. The van der Waals surface area contributed by atoms with Gasteiger partial charge in [-0.2, -0.15) is 0 Å². The summed E-state index contributed by atoms with van der Waals surface area (Å²) in [5.41, 5.74) is 2.22. The molecule has 1 N–H and O–H groups in total. The van der Waals surface area contributed by atoms with Crippen molar-refractivity contribution < 1.29 is 23.8 Å². The fraction of sp³-hybridized carbons (Fsp3) is 0.333. The van der Waals surface area contributed by atoms with E-state index in [9.17, 15) is 9.59 Å². The second-order valence-corrected chi connectivity index (χ2v) is 6.38. The molecule has 7 heteroatoms. The van der Waals surface area contributed by atoms with Crippen LogP contribution in [0.1, 0.15) is 17.3 Å². The molecule has 28 heavy (non-hydrogen) atoms. The van der Waals surface area contributed by atoms with Gasteiger partial charge in [0.15, 0.2) is 23.9 Å². The van der Waals surface area contributed by atoms with Crippen LogP contribution in [0.4, 0.5) is 11.4 Å². The standard InChI is InChI=1S/C21H24N2O5/c1-15(24)16-7-8-19(20(13-16)26-2)28-14-21(25)22-17-5-3-4-6-18(17)23-9-11-27-12-10-23/h3-8,13H,9-12,14H2,1-2H3,(H,22,25). The molecule has 2 aromatic rings. The van der Waals surface area contributed by atoms with Gasteiger partial charge < -0.3 is 24.4 Å². The maximum atomic E-state index is 12.4. The number of rotatable bonds is 7. The van der Waals surface area contributed by atoms with Crippen LogP contribution in [0.2, 0.25) is 0 Å². The second-order valence-electron chi connectivity index (χ2n) is 6.38. The molecule has 0 bridgehead atoms. The molecule has 1 amide bonds. The number of ether oxygens (including phenoxy) is 3. The molecule has 1 aliphatic rings. The fourth-order valence-corrected chi connectivity index (χ4v) is 2.99. The average molecular weight is 384 g/mol. The van der Waals surface area contributed by atoms with Crippen LogP contribution in [0.25, 0.3) is 0 Å². The highest BCUT2D eigenvalue weighted by atomic mass is 16.5. The molecular formula is C21H24N2O5. The molecule has 0 atom stereocenters. The van der Waals surface area contributed by atoms with Crippen molar-refractivity contribution in [1.82, 2.24) is 0 Å². The minimum absolute atomic E-state index is 0.0673. The third-order valence-electron chi connectivity index (χ3n) is 4.46. The first kappa shape index (κ1) is 19.7. The van der Waals surface area contributed by atoms with Crippen LogP contribution in [0.3, 0.4) is 0 Å². The summed E-state index contributed by atoms with van der Waals surface area (Å²) in [6, 6.07) is 12.5. The second kappa shape index (κ2) is 9.23. The van der Waals surface area contributed by atoms with Gasteiger partial charge in [0.2, 0.25) is 0 Å². The Hall–Kier alpha value is -3.06. The van der Waals surface area contributed by atoms with E-state index in [-0.39, 0.29) is 18.3 Å². The molecule has 148 valence electrons. The van der Waals surface area contributed by atoms with Crippen molar-refractivity contribution >= 4 is 23.1 Å². The van der Waals surface area contributed by atoms with Gasteiger partial charge in [-0.3, -0.25) is 9.59 Å². The number of methoxy groups -OCH3 is 1. The van der Waals surface area contributed by atoms with E-state index in [0.717, 1.165) is 24.5 Å². The number of para-hydroxylation sites is 2. The Balaban J connectivity index is 1.65. The van der Waals surface area contributed by atoms with E-state index < -0.39 is 0 Å². The first-order valence-corrected chi connectivity index (χ1v) is 9.12. The zero-order chi connectivity index (χ0) is 19.9. The molecule has 7 nitrogen and oxygen atoms in total. The number of anilines is 2. The zero-order valence-corrected chi connectivity index (χ0v) is 16.1. The summed E-state index contributed by atoms with van der Waals surface area (Å²) >= 11 is 0. The van der Waals surface area contributed by atoms with E-state index in [1.54, 1.807) is 18.2 Å². The highest BCUT2D eigenvalue weighted by Crippen LogP contribution is 2.29. The normalized spacial score (nSPS) is 13.7. The van der Waals surface area contributed by atoms with Crippen molar-refractivity contribution in [2.45, 2.75) is 6.92 Å². The minimum Gasteiger partial charge on any atom is -0.493 e. The summed E-state index contributed by atoms with van der Waals surface area (Å²) < 4.78 is 16.3. The number of benzene rings is 2. The highest BCUT2D eigenvalue weighted by molar-refractivity contribution is 5.96. The van der Waals surface area contributed by atoms with Crippen LogP contribution in [0.15, 0.2) is 42.5 Å². The Morgan fingerprint density at radius 1 is 1.11 bits per heavy atom. The van der Waals surface area contributed by atoms with Gasteiger partial charge in [0.1, 0.15) is 0 Å². The Morgan fingerprint density at radius 2 is 1.86 bits per heavy atom. The van der Waals surface area contributed by atoms with Crippen molar-refractivity contribution in [3.05, 3.63) is 48.0 Å². The molecule has 0 saturated carbocycles. The smallest absolute Gasteiger partial charge is 0.262 e. The topological polar surface area (TPSA) is 77.1 Å². The maximum absolute atomic E-state index is 12.4. The lowest BCUT2D eigenvalue weighted by Gasteiger charge is -2.30. The summed E-state index contributed by atoms with van der Waals surface area (Å²) in [6.07, 6.45) is 0. The zero-order valence-electron chi connectivity index (χ0n) is 16.1. The minimum atomic E-state index is -0.279. The van der Waals surface area contributed by atoms with Gasteiger partial charge >= 0.3 is 0 Å². The molecule has 0 aromatic heterocycles. The Bertz CT molecular complexity index is 846. The van der Waals surface area contributed by atoms with Crippen LogP contribution in [0, 0.1) is 0 Å². The fourth-order valence-electron chi connectivity index (χ4n) is 2.99. The Kier molecular flexibility index (Phi) is 6.49. The van der Waals surface area contributed by atoms with E-state index >= 15 is 0 Å². The molecule has 1 fully saturated rings. The molecule has 1 aliphatic heterocycles. The molecule has 1 heterocycles. The third-order valence-corrected chi connectivity index (χ3v) is 4.46. The number of carbonyl (C=O) groups excluding carboxylic acids is 2. The summed E-state index contributed by atoms with van der Waals surface area (Å²) in [5.74, 6) is 0.471. The van der Waals surface area contributed by atoms with Crippen molar-refractivity contribution in [2.75, 3.05) is 50.2 Å². The number of carbonyl (C=O) groups is 2. The number of Topliss-reactive ketones (excluding diaryl/α,β-unsaturated/α-hetero) is 1. The largest absolute Gasteiger partial charge is 0.493 e. The summed E-state index contributed by atoms with van der Waals surface area (Å²) in [7, 11) is 1.49. The van der Waals surface area contributed by atoms with Crippen LogP contribution in [0.5, 0.6) is 11.5 Å². The van der Waals surface area contributed by atoms with Crippen LogP contribution >= 0.6 is 0 Å². The lowest BCUT2D eigenvalue weighted by Crippen LogP contribution is -2.37. The van der Waals surface area contributed by atoms with Crippen molar-refractivity contribution in [3.63, 3.8) is 0 Å². The van der Waals surface area contributed by atoms with Crippen molar-refractivity contribution in [2.24, 2.45) is 0 Å². The number of nitrogens with zero attached hydrogens (tertiary/aromatic N) is 1. The molecule has 0 unspecified atom stereocenters. The number of hydrogen-bond acceptors (Lipinski definition) is 6. The molecule has 0 radical (unpaired) electrons. The lowest BCUT2D eigenvalue weighted by molar-refractivity contribution is -0.118. The predicted octanol–water partition coefficient (Wildman–Crippen LogP) is 2.75. The first-order valence-electron chi connectivity index (χ1n) is 9.12. The molecule has 2 aromatic carbocycles. The van der Waals surface area contributed by atoms with Gasteiger partial charge in [-0.25, -0.2) is 0 Å². The number of morpholine rings is 1. The van der Waals surface area contributed by atoms with Crippen LogP contribution in [-0.2, 0) is 9.53 Å². The van der Waals surface area contributed by atoms with E-state index in [1.165, 1.54) is 14.0 Å². The Labute approximate surface area is 164 Å². The number of nitrogens with one attached hydrogen (secondary N) is 1.